The van der Waals surface area contributed by atoms with Gasteiger partial charge in [-0.25, -0.2) is 0 Å². The van der Waals surface area contributed by atoms with Gasteiger partial charge in [-0.1, -0.05) is 25.1 Å². The zero-order valence-corrected chi connectivity index (χ0v) is 20.5. The van der Waals surface area contributed by atoms with Crippen LogP contribution in [0.25, 0.3) is 0 Å². The van der Waals surface area contributed by atoms with Crippen molar-refractivity contribution in [2.45, 2.75) is 71.6 Å². The minimum atomic E-state index is 0.111. The van der Waals surface area contributed by atoms with Gasteiger partial charge in [0.1, 0.15) is 5.78 Å². The largest absolute Gasteiger partial charge is 0.454 e. The quantitative estimate of drug-likeness (QED) is 0.523. The summed E-state index contributed by atoms with van der Waals surface area (Å²) >= 11 is 0. The number of carbonyl (C=O) groups excluding carboxylic acids is 2. The van der Waals surface area contributed by atoms with Crippen LogP contribution in [0.15, 0.2) is 42.0 Å². The average molecular weight is 461 g/mol. The molecule has 1 aliphatic heterocycles. The van der Waals surface area contributed by atoms with Gasteiger partial charge in [-0.05, 0) is 116 Å². The van der Waals surface area contributed by atoms with E-state index in [2.05, 4.69) is 31.2 Å². The maximum atomic E-state index is 12.9. The van der Waals surface area contributed by atoms with Crippen molar-refractivity contribution in [3.05, 3.63) is 47.6 Å². The van der Waals surface area contributed by atoms with E-state index in [9.17, 15) is 9.59 Å². The molecule has 6 rings (SSSR count). The topological polar surface area (TPSA) is 52.6 Å². The molecule has 0 radical (unpaired) electrons. The van der Waals surface area contributed by atoms with Crippen molar-refractivity contribution in [3.63, 3.8) is 0 Å². The molecule has 0 aromatic heterocycles. The van der Waals surface area contributed by atoms with Crippen LogP contribution in [0.5, 0.6) is 11.5 Å². The highest BCUT2D eigenvalue weighted by atomic mass is 16.7. The summed E-state index contributed by atoms with van der Waals surface area (Å²) in [5, 5.41) is 0. The number of benzene rings is 1. The molecule has 1 heterocycles. The van der Waals surface area contributed by atoms with E-state index in [4.69, 9.17) is 9.47 Å². The fourth-order valence-corrected chi connectivity index (χ4v) is 8.62. The number of aryl methyl sites for hydroxylation is 1. The number of rotatable bonds is 5. The predicted molar refractivity (Wildman–Crippen MR) is 131 cm³/mol. The van der Waals surface area contributed by atoms with Crippen LogP contribution >= 0.6 is 0 Å². The van der Waals surface area contributed by atoms with Crippen LogP contribution in [0, 0.1) is 34.5 Å². The minimum absolute atomic E-state index is 0.111. The van der Waals surface area contributed by atoms with Gasteiger partial charge in [0.15, 0.2) is 17.3 Å². The SMILES string of the molecule is CC(=O)[C@H]1CC[C@H]2[C@@H]3C=CC4=CC(=O)CC[C@@]4(C)[C@@H]3CC[C@]12CCCc1ccc2c(c1)OCO2. The summed E-state index contributed by atoms with van der Waals surface area (Å²) in [6.07, 6.45) is 16.0. The van der Waals surface area contributed by atoms with Crippen LogP contribution in [0.2, 0.25) is 0 Å². The van der Waals surface area contributed by atoms with Crippen LogP contribution in [0.1, 0.15) is 70.8 Å². The molecule has 2 saturated carbocycles. The van der Waals surface area contributed by atoms with Gasteiger partial charge in [0.25, 0.3) is 0 Å². The summed E-state index contributed by atoms with van der Waals surface area (Å²) in [5.74, 6) is 4.25. The number of ether oxygens (including phenoxy) is 2. The highest BCUT2D eigenvalue weighted by molar-refractivity contribution is 5.92. The zero-order valence-electron chi connectivity index (χ0n) is 20.5. The Kier molecular flexibility index (Phi) is 5.27. The second-order valence-corrected chi connectivity index (χ2v) is 11.7. The van der Waals surface area contributed by atoms with E-state index in [1.807, 2.05) is 19.1 Å². The number of allylic oxidation sites excluding steroid dienone is 4. The standard InChI is InChI=1S/C30H36O4/c1-19(31)24-8-9-26-23-7-6-21-17-22(32)11-14-29(21,2)25(23)12-15-30(24,26)13-3-4-20-5-10-27-28(16-20)34-18-33-27/h5-7,10,16-17,23-26H,3-4,8-9,11-15,18H2,1-2H3/t23-,24-,25-,26+,29-,30-/m1/s1. The summed E-state index contributed by atoms with van der Waals surface area (Å²) in [7, 11) is 0. The lowest BCUT2D eigenvalue weighted by molar-refractivity contribution is -0.128. The lowest BCUT2D eigenvalue weighted by atomic mass is 9.47. The normalized spacial score (nSPS) is 37.6. The van der Waals surface area contributed by atoms with E-state index in [0.717, 1.165) is 56.4 Å². The Bertz CT molecular complexity index is 1080. The monoisotopic (exact) mass is 460 g/mol. The van der Waals surface area contributed by atoms with E-state index < -0.39 is 0 Å². The van der Waals surface area contributed by atoms with Crippen LogP contribution in [0.3, 0.4) is 0 Å². The molecule has 34 heavy (non-hydrogen) atoms. The molecule has 1 aromatic carbocycles. The molecule has 4 aliphatic carbocycles. The van der Waals surface area contributed by atoms with Gasteiger partial charge >= 0.3 is 0 Å². The summed E-state index contributed by atoms with van der Waals surface area (Å²) in [6, 6.07) is 6.29. The van der Waals surface area contributed by atoms with Crippen molar-refractivity contribution in [1.29, 1.82) is 0 Å². The molecule has 0 N–H and O–H groups in total. The summed E-state index contributed by atoms with van der Waals surface area (Å²) in [6.45, 7) is 4.53. The van der Waals surface area contributed by atoms with E-state index in [0.29, 0.717) is 36.8 Å². The Labute approximate surface area is 202 Å². The Balaban J connectivity index is 1.25. The van der Waals surface area contributed by atoms with Crippen molar-refractivity contribution < 1.29 is 19.1 Å². The first-order chi connectivity index (χ1) is 16.4. The third kappa shape index (κ3) is 3.31. The number of fused-ring (bicyclic) bond motifs is 6. The molecular weight excluding hydrogens is 424 g/mol. The van der Waals surface area contributed by atoms with Crippen LogP contribution in [-0.4, -0.2) is 18.4 Å². The Morgan fingerprint density at radius 2 is 1.94 bits per heavy atom. The molecule has 6 atom stereocenters. The number of hydrogen-bond acceptors (Lipinski definition) is 4. The third-order valence-electron chi connectivity index (χ3n) is 10.3. The van der Waals surface area contributed by atoms with E-state index in [1.165, 1.54) is 17.6 Å². The minimum Gasteiger partial charge on any atom is -0.454 e. The number of Topliss-reactive ketones (excluding diaryl/α,β-unsaturated/α-hetero) is 1. The van der Waals surface area contributed by atoms with Crippen molar-refractivity contribution in [2.75, 3.05) is 6.79 Å². The van der Waals surface area contributed by atoms with Crippen molar-refractivity contribution in [3.8, 4) is 11.5 Å². The van der Waals surface area contributed by atoms with Crippen molar-refractivity contribution in [1.82, 2.24) is 0 Å². The summed E-state index contributed by atoms with van der Waals surface area (Å²) in [4.78, 5) is 25.0. The first-order valence-corrected chi connectivity index (χ1v) is 13.2. The third-order valence-corrected chi connectivity index (χ3v) is 10.3. The van der Waals surface area contributed by atoms with Gasteiger partial charge in [-0.3, -0.25) is 9.59 Å². The van der Waals surface area contributed by atoms with Gasteiger partial charge < -0.3 is 9.47 Å². The van der Waals surface area contributed by atoms with Crippen LogP contribution in [0.4, 0.5) is 0 Å². The molecule has 4 nitrogen and oxygen atoms in total. The number of ketones is 2. The van der Waals surface area contributed by atoms with Gasteiger partial charge in [-0.15, -0.1) is 0 Å². The fraction of sp³-hybridized carbons (Fsp3) is 0.600. The second-order valence-electron chi connectivity index (χ2n) is 11.7. The average Bonchev–Trinajstić information content (AvgIpc) is 3.44. The summed E-state index contributed by atoms with van der Waals surface area (Å²) in [5.41, 5.74) is 2.77. The van der Waals surface area contributed by atoms with Gasteiger partial charge in [0, 0.05) is 12.3 Å². The Hall–Kier alpha value is -2.36. The van der Waals surface area contributed by atoms with Gasteiger partial charge in [-0.2, -0.15) is 0 Å². The first kappa shape index (κ1) is 22.1. The van der Waals surface area contributed by atoms with Crippen molar-refractivity contribution in [2.24, 2.45) is 34.5 Å². The molecular formula is C30H36O4. The molecule has 0 amide bonds. The van der Waals surface area contributed by atoms with Crippen molar-refractivity contribution >= 4 is 11.6 Å². The molecule has 1 aromatic rings. The number of hydrogen-bond donors (Lipinski definition) is 0. The lowest BCUT2D eigenvalue weighted by Crippen LogP contribution is -2.50. The summed E-state index contributed by atoms with van der Waals surface area (Å²) < 4.78 is 11.0. The number of carbonyl (C=O) groups is 2. The Morgan fingerprint density at radius 3 is 2.79 bits per heavy atom. The smallest absolute Gasteiger partial charge is 0.231 e. The highest BCUT2D eigenvalue weighted by Gasteiger charge is 2.60. The molecule has 5 aliphatic rings. The lowest BCUT2D eigenvalue weighted by Gasteiger charge is -2.57. The first-order valence-electron chi connectivity index (χ1n) is 13.2. The molecule has 0 spiro atoms. The Morgan fingerprint density at radius 1 is 1.09 bits per heavy atom. The van der Waals surface area contributed by atoms with Crippen LogP contribution in [-0.2, 0) is 16.0 Å². The van der Waals surface area contributed by atoms with Gasteiger partial charge in [0.2, 0.25) is 6.79 Å². The fourth-order valence-electron chi connectivity index (χ4n) is 8.62. The van der Waals surface area contributed by atoms with Gasteiger partial charge in [0.05, 0.1) is 0 Å². The molecule has 0 bridgehead atoms. The molecule has 0 saturated heterocycles. The maximum absolute atomic E-state index is 12.9. The van der Waals surface area contributed by atoms with E-state index in [1.54, 1.807) is 0 Å². The maximum Gasteiger partial charge on any atom is 0.231 e. The molecule has 4 heteroatoms. The highest BCUT2D eigenvalue weighted by Crippen LogP contribution is 2.66. The molecule has 180 valence electrons. The zero-order chi connectivity index (χ0) is 23.5. The van der Waals surface area contributed by atoms with Crippen LogP contribution < -0.4 is 9.47 Å². The van der Waals surface area contributed by atoms with E-state index >= 15 is 0 Å². The molecule has 0 unspecified atom stereocenters. The van der Waals surface area contributed by atoms with E-state index in [-0.39, 0.29) is 22.5 Å². The molecule has 2 fully saturated rings. The predicted octanol–water partition coefficient (Wildman–Crippen LogP) is 6.23. The second kappa shape index (κ2) is 8.10.